The second-order valence-corrected chi connectivity index (χ2v) is 7.21. The van der Waals surface area contributed by atoms with E-state index in [-0.39, 0.29) is 11.9 Å². The molecule has 1 amide bonds. The molecule has 1 fully saturated rings. The normalized spacial score (nSPS) is 16.3. The van der Waals surface area contributed by atoms with Gasteiger partial charge < -0.3 is 9.73 Å². The Kier molecular flexibility index (Phi) is 5.21. The summed E-state index contributed by atoms with van der Waals surface area (Å²) < 4.78 is 5.81. The summed E-state index contributed by atoms with van der Waals surface area (Å²) in [6, 6.07) is 11.9. The summed E-state index contributed by atoms with van der Waals surface area (Å²) in [4.78, 5) is 19.4. The lowest BCUT2D eigenvalue weighted by Crippen LogP contribution is -2.40. The molecule has 1 N–H and O–H groups in total. The predicted octanol–water partition coefficient (Wildman–Crippen LogP) is 4.09. The minimum Gasteiger partial charge on any atom is -0.451 e. The van der Waals surface area contributed by atoms with Gasteiger partial charge in [0.25, 0.3) is 5.91 Å². The van der Waals surface area contributed by atoms with E-state index in [2.05, 4.69) is 21.3 Å². The van der Waals surface area contributed by atoms with E-state index in [1.54, 1.807) is 6.20 Å². The predicted molar refractivity (Wildman–Crippen MR) is 106 cm³/mol. The number of hydrogen-bond acceptors (Lipinski definition) is 4. The fraction of sp³-hybridized carbons (Fsp3) is 0.364. The van der Waals surface area contributed by atoms with E-state index in [0.717, 1.165) is 35.2 Å². The van der Waals surface area contributed by atoms with Crippen molar-refractivity contribution in [2.75, 3.05) is 19.6 Å². The third kappa shape index (κ3) is 3.88. The molecule has 2 aromatic heterocycles. The molecule has 3 aromatic rings. The zero-order chi connectivity index (χ0) is 18.6. The lowest BCUT2D eigenvalue weighted by Gasteiger charge is -2.34. The van der Waals surface area contributed by atoms with E-state index in [0.29, 0.717) is 12.3 Å². The van der Waals surface area contributed by atoms with E-state index < -0.39 is 0 Å². The van der Waals surface area contributed by atoms with Crippen molar-refractivity contribution in [2.45, 2.75) is 32.2 Å². The number of fused-ring (bicyclic) bond motifs is 1. The highest BCUT2D eigenvalue weighted by Gasteiger charge is 2.24. The maximum atomic E-state index is 12.7. The van der Waals surface area contributed by atoms with Crippen LogP contribution < -0.4 is 5.32 Å². The van der Waals surface area contributed by atoms with Crippen LogP contribution in [-0.2, 0) is 0 Å². The van der Waals surface area contributed by atoms with Gasteiger partial charge in [0, 0.05) is 24.3 Å². The fourth-order valence-corrected chi connectivity index (χ4v) is 3.86. The van der Waals surface area contributed by atoms with E-state index in [4.69, 9.17) is 4.42 Å². The molecule has 0 unspecified atom stereocenters. The number of furan rings is 1. The van der Waals surface area contributed by atoms with Crippen molar-refractivity contribution in [3.8, 4) is 0 Å². The number of likely N-dealkylation sites (tertiary alicyclic amines) is 1. The van der Waals surface area contributed by atoms with Gasteiger partial charge in [-0.25, -0.2) is 0 Å². The van der Waals surface area contributed by atoms with Crippen molar-refractivity contribution in [3.63, 3.8) is 0 Å². The summed E-state index contributed by atoms with van der Waals surface area (Å²) in [5, 5.41) is 4.03. The molecule has 1 aromatic carbocycles. The Morgan fingerprint density at radius 3 is 2.81 bits per heavy atom. The van der Waals surface area contributed by atoms with Crippen molar-refractivity contribution in [1.82, 2.24) is 15.2 Å². The number of rotatable bonds is 5. The van der Waals surface area contributed by atoms with Crippen LogP contribution in [0.15, 0.2) is 53.2 Å². The quantitative estimate of drug-likeness (QED) is 0.742. The van der Waals surface area contributed by atoms with Gasteiger partial charge in [0.15, 0.2) is 5.76 Å². The van der Waals surface area contributed by atoms with E-state index >= 15 is 0 Å². The van der Waals surface area contributed by atoms with Crippen molar-refractivity contribution in [3.05, 3.63) is 65.7 Å². The first kappa shape index (κ1) is 17.7. The van der Waals surface area contributed by atoms with Gasteiger partial charge in [-0.2, -0.15) is 0 Å². The maximum absolute atomic E-state index is 12.7. The summed E-state index contributed by atoms with van der Waals surface area (Å²) in [5.74, 6) is 0.194. The van der Waals surface area contributed by atoms with Gasteiger partial charge >= 0.3 is 0 Å². The van der Waals surface area contributed by atoms with Crippen LogP contribution in [0, 0.1) is 6.92 Å². The Morgan fingerprint density at radius 1 is 1.22 bits per heavy atom. The van der Waals surface area contributed by atoms with Crippen LogP contribution in [0.3, 0.4) is 0 Å². The second-order valence-electron chi connectivity index (χ2n) is 7.21. The van der Waals surface area contributed by atoms with Crippen LogP contribution in [-0.4, -0.2) is 35.4 Å². The highest BCUT2D eigenvalue weighted by atomic mass is 16.3. The van der Waals surface area contributed by atoms with Gasteiger partial charge in [0.05, 0.1) is 6.04 Å². The highest BCUT2D eigenvalue weighted by Crippen LogP contribution is 2.25. The molecular weight excluding hydrogens is 338 g/mol. The number of carbonyl (C=O) groups excluding carboxylic acids is 1. The molecule has 0 bridgehead atoms. The summed E-state index contributed by atoms with van der Waals surface area (Å²) >= 11 is 0. The Morgan fingerprint density at radius 2 is 2.07 bits per heavy atom. The second kappa shape index (κ2) is 7.92. The number of carbonyl (C=O) groups is 1. The Bertz CT molecular complexity index is 914. The zero-order valence-corrected chi connectivity index (χ0v) is 15.6. The van der Waals surface area contributed by atoms with Crippen LogP contribution in [0.2, 0.25) is 0 Å². The number of nitrogens with zero attached hydrogens (tertiary/aromatic N) is 2. The standard InChI is InChI=1S/C22H25N3O2/c1-16-7-5-8-17-13-20(27-21(16)17)22(26)24-15-19(18-9-6-10-23-14-18)25-11-3-2-4-12-25/h5-10,13-14,19H,2-4,11-12,15H2,1H3,(H,24,26)/t19-/m0/s1. The lowest BCUT2D eigenvalue weighted by molar-refractivity contribution is 0.0899. The topological polar surface area (TPSA) is 58.4 Å². The molecule has 1 aliphatic heterocycles. The summed E-state index contributed by atoms with van der Waals surface area (Å²) in [6.45, 7) is 4.64. The number of benzene rings is 1. The van der Waals surface area contributed by atoms with Crippen molar-refractivity contribution < 1.29 is 9.21 Å². The molecule has 5 nitrogen and oxygen atoms in total. The summed E-state index contributed by atoms with van der Waals surface area (Å²) in [7, 11) is 0. The van der Waals surface area contributed by atoms with E-state index in [1.165, 1.54) is 19.3 Å². The largest absolute Gasteiger partial charge is 0.451 e. The average molecular weight is 363 g/mol. The van der Waals surface area contributed by atoms with Crippen LogP contribution >= 0.6 is 0 Å². The molecule has 1 saturated heterocycles. The molecule has 5 heteroatoms. The van der Waals surface area contributed by atoms with Gasteiger partial charge in [0.2, 0.25) is 0 Å². The molecular formula is C22H25N3O2. The number of amides is 1. The number of para-hydroxylation sites is 1. The number of aromatic nitrogens is 1. The van der Waals surface area contributed by atoms with Crippen LogP contribution in [0.4, 0.5) is 0 Å². The Balaban J connectivity index is 1.50. The average Bonchev–Trinajstić information content (AvgIpc) is 3.16. The first-order valence-electron chi connectivity index (χ1n) is 9.64. The lowest BCUT2D eigenvalue weighted by atomic mass is 10.0. The van der Waals surface area contributed by atoms with Crippen LogP contribution in [0.1, 0.15) is 47.0 Å². The van der Waals surface area contributed by atoms with Gasteiger partial charge in [-0.15, -0.1) is 0 Å². The number of piperidine rings is 1. The molecule has 4 rings (SSSR count). The third-order valence-corrected chi connectivity index (χ3v) is 5.32. The minimum absolute atomic E-state index is 0.133. The van der Waals surface area contributed by atoms with Crippen molar-refractivity contribution in [1.29, 1.82) is 0 Å². The minimum atomic E-state index is -0.170. The molecule has 1 atom stereocenters. The molecule has 140 valence electrons. The van der Waals surface area contributed by atoms with Gasteiger partial charge in [-0.1, -0.05) is 30.7 Å². The van der Waals surface area contributed by atoms with Crippen molar-refractivity contribution in [2.24, 2.45) is 0 Å². The molecule has 0 saturated carbocycles. The monoisotopic (exact) mass is 363 g/mol. The Labute approximate surface area is 159 Å². The van der Waals surface area contributed by atoms with E-state index in [1.807, 2.05) is 43.5 Å². The molecule has 1 aliphatic rings. The SMILES string of the molecule is Cc1cccc2cc(C(=O)NC[C@@H](c3cccnc3)N3CCCCC3)oc12. The zero-order valence-electron chi connectivity index (χ0n) is 15.6. The maximum Gasteiger partial charge on any atom is 0.287 e. The summed E-state index contributed by atoms with van der Waals surface area (Å²) in [6.07, 6.45) is 7.37. The number of hydrogen-bond donors (Lipinski definition) is 1. The first-order valence-corrected chi connectivity index (χ1v) is 9.64. The first-order chi connectivity index (χ1) is 13.2. The molecule has 3 heterocycles. The van der Waals surface area contributed by atoms with Gasteiger partial charge in [-0.05, 0) is 56.1 Å². The third-order valence-electron chi connectivity index (χ3n) is 5.32. The molecule has 0 spiro atoms. The number of pyridine rings is 1. The van der Waals surface area contributed by atoms with Gasteiger partial charge in [0.1, 0.15) is 5.58 Å². The van der Waals surface area contributed by atoms with Crippen LogP contribution in [0.5, 0.6) is 0 Å². The van der Waals surface area contributed by atoms with Gasteiger partial charge in [-0.3, -0.25) is 14.7 Å². The fourth-order valence-electron chi connectivity index (χ4n) is 3.86. The molecule has 0 radical (unpaired) electrons. The molecule has 27 heavy (non-hydrogen) atoms. The van der Waals surface area contributed by atoms with Crippen molar-refractivity contribution >= 4 is 16.9 Å². The number of aryl methyl sites for hydroxylation is 1. The van der Waals surface area contributed by atoms with Crippen LogP contribution in [0.25, 0.3) is 11.0 Å². The Hall–Kier alpha value is -2.66. The highest BCUT2D eigenvalue weighted by molar-refractivity contribution is 5.96. The smallest absolute Gasteiger partial charge is 0.287 e. The number of nitrogens with one attached hydrogen (secondary N) is 1. The molecule has 0 aliphatic carbocycles. The van der Waals surface area contributed by atoms with E-state index in [9.17, 15) is 4.79 Å². The summed E-state index contributed by atoms with van der Waals surface area (Å²) in [5.41, 5.74) is 2.95.